The molecule has 1 fully saturated rings. The predicted octanol–water partition coefficient (Wildman–Crippen LogP) is 1.98. The van der Waals surface area contributed by atoms with Gasteiger partial charge in [0.15, 0.2) is 10.6 Å². The van der Waals surface area contributed by atoms with Crippen LogP contribution < -0.4 is 11.1 Å². The fraction of sp³-hybridized carbons (Fsp3) is 0.263. The van der Waals surface area contributed by atoms with Crippen LogP contribution in [-0.4, -0.2) is 31.5 Å². The van der Waals surface area contributed by atoms with Gasteiger partial charge in [0.1, 0.15) is 6.04 Å². The van der Waals surface area contributed by atoms with E-state index in [2.05, 4.69) is 20.4 Å². The molecule has 4 aromatic rings. The van der Waals surface area contributed by atoms with Gasteiger partial charge in [0.05, 0.1) is 11.9 Å². The molecule has 1 unspecified atom stereocenters. The lowest BCUT2D eigenvalue weighted by Gasteiger charge is -2.21. The van der Waals surface area contributed by atoms with Gasteiger partial charge in [-0.2, -0.15) is 4.98 Å². The molecule has 1 saturated heterocycles. The Bertz CT molecular complexity index is 1350. The second-order valence-electron chi connectivity index (χ2n) is 6.99. The van der Waals surface area contributed by atoms with E-state index in [1.807, 2.05) is 12.3 Å². The van der Waals surface area contributed by atoms with E-state index in [1.165, 1.54) is 15.9 Å². The van der Waals surface area contributed by atoms with E-state index in [0.29, 0.717) is 34.2 Å². The Balaban J connectivity index is 1.46. The van der Waals surface area contributed by atoms with Gasteiger partial charge in [-0.25, -0.2) is 9.78 Å². The molecule has 3 aromatic heterocycles. The molecule has 1 aromatic carbocycles. The first-order chi connectivity index (χ1) is 14.5. The Morgan fingerprint density at radius 1 is 1.27 bits per heavy atom. The summed E-state index contributed by atoms with van der Waals surface area (Å²) >= 11 is 1.44. The number of hydrogen-bond donors (Lipinski definition) is 1. The zero-order valence-corrected chi connectivity index (χ0v) is 16.6. The molecular formula is C19H15N5O5S. The van der Waals surface area contributed by atoms with Crippen LogP contribution in [0.3, 0.4) is 0 Å². The van der Waals surface area contributed by atoms with E-state index in [4.69, 9.17) is 8.94 Å². The minimum Gasteiger partial charge on any atom is -0.408 e. The number of benzene rings is 1. The van der Waals surface area contributed by atoms with Crippen LogP contribution in [-0.2, 0) is 16.0 Å². The van der Waals surface area contributed by atoms with Crippen molar-refractivity contribution >= 4 is 34.3 Å². The molecule has 1 aliphatic heterocycles. The summed E-state index contributed by atoms with van der Waals surface area (Å²) in [6, 6.07) is 4.41. The molecule has 10 nitrogen and oxygen atoms in total. The van der Waals surface area contributed by atoms with Gasteiger partial charge >= 0.3 is 5.76 Å². The first kappa shape index (κ1) is 18.4. The van der Waals surface area contributed by atoms with Crippen LogP contribution in [0.25, 0.3) is 21.9 Å². The van der Waals surface area contributed by atoms with Crippen molar-refractivity contribution in [2.75, 3.05) is 0 Å². The minimum atomic E-state index is -0.796. The molecule has 0 bridgehead atoms. The first-order valence-corrected chi connectivity index (χ1v) is 10.1. The third-order valence-corrected chi connectivity index (χ3v) is 5.79. The maximum Gasteiger partial charge on any atom is 0.420 e. The summed E-state index contributed by atoms with van der Waals surface area (Å²) in [5, 5.41) is 8.83. The van der Waals surface area contributed by atoms with Gasteiger partial charge in [0.2, 0.25) is 23.5 Å². The van der Waals surface area contributed by atoms with Gasteiger partial charge < -0.3 is 8.94 Å². The lowest BCUT2D eigenvalue weighted by atomic mass is 10.1. The maximum atomic E-state index is 12.4. The number of rotatable bonds is 4. The topological polar surface area (TPSA) is 133 Å². The zero-order chi connectivity index (χ0) is 20.8. The average Bonchev–Trinajstić information content (AvgIpc) is 3.41. The number of carbonyl (C=O) groups excluding carboxylic acids is 2. The lowest BCUT2D eigenvalue weighted by Crippen LogP contribution is -2.43. The molecule has 0 radical (unpaired) electrons. The highest BCUT2D eigenvalue weighted by molar-refractivity contribution is 7.13. The van der Waals surface area contributed by atoms with Crippen LogP contribution in [0.5, 0.6) is 0 Å². The van der Waals surface area contributed by atoms with Crippen molar-refractivity contribution in [1.82, 2.24) is 25.0 Å². The summed E-state index contributed by atoms with van der Waals surface area (Å²) in [6.45, 7) is 1.89. The summed E-state index contributed by atoms with van der Waals surface area (Å²) in [5.74, 6) is -0.679. The van der Waals surface area contributed by atoms with E-state index in [0.717, 1.165) is 11.3 Å². The normalized spacial score (nSPS) is 16.9. The number of amides is 2. The van der Waals surface area contributed by atoms with Crippen LogP contribution >= 0.6 is 11.3 Å². The molecule has 4 heterocycles. The standard InChI is InChI=1S/C19H15N5O5S/c1-9-8-30-18(20-9)16-22-15(29-23-16)7-10-2-4-13-12(6-10)24(19(27)28-13)11-3-5-14(25)21-17(11)26/h2,4,6,8,11H,3,5,7H2,1H3,(H,21,25,26). The molecule has 1 atom stereocenters. The summed E-state index contributed by atoms with van der Waals surface area (Å²) in [6.07, 6.45) is 0.738. The van der Waals surface area contributed by atoms with Gasteiger partial charge in [-0.05, 0) is 31.0 Å². The molecule has 5 rings (SSSR count). The third-order valence-electron chi connectivity index (χ3n) is 4.83. The lowest BCUT2D eigenvalue weighted by molar-refractivity contribution is -0.135. The number of hydrogen-bond acceptors (Lipinski definition) is 9. The first-order valence-electron chi connectivity index (χ1n) is 9.20. The number of imide groups is 1. The van der Waals surface area contributed by atoms with Crippen LogP contribution in [0.2, 0.25) is 0 Å². The molecular weight excluding hydrogens is 410 g/mol. The Labute approximate surface area is 172 Å². The number of thiazole rings is 1. The Kier molecular flexibility index (Phi) is 4.31. The Hall–Kier alpha value is -3.60. The van der Waals surface area contributed by atoms with Crippen molar-refractivity contribution in [3.8, 4) is 10.8 Å². The van der Waals surface area contributed by atoms with E-state index in [9.17, 15) is 14.4 Å². The molecule has 1 aliphatic rings. The van der Waals surface area contributed by atoms with Crippen LogP contribution in [0.1, 0.15) is 36.0 Å². The average molecular weight is 425 g/mol. The number of aryl methyl sites for hydroxylation is 1. The monoisotopic (exact) mass is 425 g/mol. The highest BCUT2D eigenvalue weighted by Gasteiger charge is 2.31. The highest BCUT2D eigenvalue weighted by Crippen LogP contribution is 2.25. The zero-order valence-electron chi connectivity index (χ0n) is 15.7. The van der Waals surface area contributed by atoms with Gasteiger partial charge in [-0.3, -0.25) is 19.5 Å². The SMILES string of the molecule is Cc1csc(-c2noc(Cc3ccc4oc(=O)n(C5CCC(=O)NC5=O)c4c3)n2)n1. The molecule has 2 amide bonds. The summed E-state index contributed by atoms with van der Waals surface area (Å²) in [7, 11) is 0. The predicted molar refractivity (Wildman–Crippen MR) is 105 cm³/mol. The number of nitrogens with zero attached hydrogens (tertiary/aromatic N) is 4. The molecule has 152 valence electrons. The van der Waals surface area contributed by atoms with Crippen LogP contribution in [0.4, 0.5) is 0 Å². The molecule has 0 saturated carbocycles. The van der Waals surface area contributed by atoms with Crippen molar-refractivity contribution in [1.29, 1.82) is 0 Å². The van der Waals surface area contributed by atoms with E-state index in [1.54, 1.807) is 18.2 Å². The summed E-state index contributed by atoms with van der Waals surface area (Å²) in [5.41, 5.74) is 2.52. The number of carbonyl (C=O) groups is 2. The van der Waals surface area contributed by atoms with Gasteiger partial charge in [0, 0.05) is 17.5 Å². The smallest absolute Gasteiger partial charge is 0.408 e. The number of nitrogens with one attached hydrogen (secondary N) is 1. The van der Waals surface area contributed by atoms with Crippen molar-refractivity contribution < 1.29 is 18.5 Å². The maximum absolute atomic E-state index is 12.4. The van der Waals surface area contributed by atoms with Crippen molar-refractivity contribution in [2.24, 2.45) is 0 Å². The molecule has 1 N–H and O–H groups in total. The molecule has 0 spiro atoms. The number of fused-ring (bicyclic) bond motifs is 1. The molecule has 11 heteroatoms. The van der Waals surface area contributed by atoms with Gasteiger partial charge in [0.25, 0.3) is 0 Å². The van der Waals surface area contributed by atoms with E-state index in [-0.39, 0.29) is 18.7 Å². The van der Waals surface area contributed by atoms with Crippen molar-refractivity contribution in [2.45, 2.75) is 32.2 Å². The second kappa shape index (κ2) is 7.02. The van der Waals surface area contributed by atoms with E-state index >= 15 is 0 Å². The molecule has 30 heavy (non-hydrogen) atoms. The Morgan fingerprint density at radius 2 is 2.13 bits per heavy atom. The fourth-order valence-corrected chi connectivity index (χ4v) is 4.18. The molecule has 0 aliphatic carbocycles. The number of piperidine rings is 1. The highest BCUT2D eigenvalue weighted by atomic mass is 32.1. The van der Waals surface area contributed by atoms with E-state index < -0.39 is 17.7 Å². The fourth-order valence-electron chi connectivity index (χ4n) is 3.46. The van der Waals surface area contributed by atoms with Gasteiger partial charge in [-0.15, -0.1) is 11.3 Å². The largest absolute Gasteiger partial charge is 0.420 e. The van der Waals surface area contributed by atoms with Gasteiger partial charge in [-0.1, -0.05) is 11.2 Å². The second-order valence-corrected chi connectivity index (χ2v) is 7.85. The quantitative estimate of drug-likeness (QED) is 0.491. The van der Waals surface area contributed by atoms with Crippen molar-refractivity contribution in [3.05, 3.63) is 51.3 Å². The number of oxazole rings is 1. The van der Waals surface area contributed by atoms with Crippen LogP contribution in [0.15, 0.2) is 37.3 Å². The third kappa shape index (κ3) is 3.22. The minimum absolute atomic E-state index is 0.163. The summed E-state index contributed by atoms with van der Waals surface area (Å²) < 4.78 is 11.9. The van der Waals surface area contributed by atoms with Crippen molar-refractivity contribution in [3.63, 3.8) is 0 Å². The summed E-state index contributed by atoms with van der Waals surface area (Å²) in [4.78, 5) is 44.8. The number of aromatic nitrogens is 4. The van der Waals surface area contributed by atoms with Crippen LogP contribution in [0, 0.1) is 6.92 Å². The Morgan fingerprint density at radius 3 is 2.90 bits per heavy atom.